The Morgan fingerprint density at radius 1 is 0.703 bits per heavy atom. The number of hydrogen-bond acceptors (Lipinski definition) is 15. The van der Waals surface area contributed by atoms with E-state index in [0.717, 1.165) is 90.5 Å². The van der Waals surface area contributed by atoms with Crippen molar-refractivity contribution in [3.05, 3.63) is 126 Å². The van der Waals surface area contributed by atoms with Crippen molar-refractivity contribution in [1.82, 2.24) is 29.7 Å². The smallest absolute Gasteiger partial charge is 0.229 e. The lowest BCUT2D eigenvalue weighted by molar-refractivity contribution is 0.237. The molecule has 4 aromatic heterocycles. The molecular formula is C48H65ClN10O5. The second-order valence-corrected chi connectivity index (χ2v) is 15.6. The zero-order valence-corrected chi connectivity index (χ0v) is 38.2. The van der Waals surface area contributed by atoms with Crippen LogP contribution in [0.15, 0.2) is 107 Å². The number of aromatic nitrogens is 4. The highest BCUT2D eigenvalue weighted by atomic mass is 35.5. The number of furan rings is 2. The fourth-order valence-electron chi connectivity index (χ4n) is 6.46. The largest absolute Gasteiger partial charge is 0.492 e. The Balaban J connectivity index is 0.000000194. The van der Waals surface area contributed by atoms with E-state index in [1.807, 2.05) is 86.6 Å². The number of benzene rings is 2. The van der Waals surface area contributed by atoms with Crippen LogP contribution in [0.1, 0.15) is 68.1 Å². The molecular weight excluding hydrogens is 832 g/mol. The molecule has 0 bridgehead atoms. The van der Waals surface area contributed by atoms with Gasteiger partial charge in [-0.25, -0.2) is 15.0 Å². The zero-order valence-electron chi connectivity index (χ0n) is 37.5. The van der Waals surface area contributed by atoms with Crippen LogP contribution >= 0.6 is 11.6 Å². The molecule has 2 saturated heterocycles. The Hall–Kier alpha value is -5.71. The zero-order chi connectivity index (χ0) is 45.2. The van der Waals surface area contributed by atoms with Crippen molar-refractivity contribution in [3.63, 3.8) is 0 Å². The van der Waals surface area contributed by atoms with E-state index < -0.39 is 0 Å². The molecule has 6 heterocycles. The Labute approximate surface area is 382 Å². The number of hydrogen-bond donors (Lipinski definition) is 5. The van der Waals surface area contributed by atoms with Crippen LogP contribution in [0, 0.1) is 13.8 Å². The highest BCUT2D eigenvalue weighted by Gasteiger charge is 2.12. The van der Waals surface area contributed by atoms with Crippen molar-refractivity contribution in [2.75, 3.05) is 75.0 Å². The van der Waals surface area contributed by atoms with E-state index in [1.165, 1.54) is 51.9 Å². The van der Waals surface area contributed by atoms with Gasteiger partial charge in [-0.2, -0.15) is 4.98 Å². The quantitative estimate of drug-likeness (QED) is 0.0514. The first-order valence-corrected chi connectivity index (χ1v) is 22.6. The molecule has 2 aromatic carbocycles. The molecule has 6 N–H and O–H groups in total. The van der Waals surface area contributed by atoms with Gasteiger partial charge in [0.05, 0.1) is 25.6 Å². The predicted octanol–water partition coefficient (Wildman–Crippen LogP) is 9.38. The third kappa shape index (κ3) is 18.2. The lowest BCUT2D eigenvalue weighted by Gasteiger charge is -2.15. The topological polar surface area (TPSA) is 185 Å². The van der Waals surface area contributed by atoms with Crippen molar-refractivity contribution in [2.24, 2.45) is 5.73 Å². The van der Waals surface area contributed by atoms with E-state index in [2.05, 4.69) is 52.6 Å². The summed E-state index contributed by atoms with van der Waals surface area (Å²) >= 11 is 6.00. The second kappa shape index (κ2) is 28.2. The Morgan fingerprint density at radius 2 is 1.20 bits per heavy atom. The van der Waals surface area contributed by atoms with Gasteiger partial charge < -0.3 is 45.1 Å². The molecule has 15 nitrogen and oxygen atoms in total. The van der Waals surface area contributed by atoms with Crippen molar-refractivity contribution >= 4 is 40.7 Å². The molecule has 0 unspecified atom stereocenters. The lowest BCUT2D eigenvalue weighted by Crippen LogP contribution is -2.25. The maximum absolute atomic E-state index is 8.07. The molecule has 2 aliphatic heterocycles. The van der Waals surface area contributed by atoms with Gasteiger partial charge in [0, 0.05) is 54.6 Å². The monoisotopic (exact) mass is 896 g/mol. The molecule has 0 saturated carbocycles. The maximum Gasteiger partial charge on any atom is 0.229 e. The second-order valence-electron chi connectivity index (χ2n) is 15.3. The molecule has 0 radical (unpaired) electrons. The van der Waals surface area contributed by atoms with Gasteiger partial charge in [0.25, 0.3) is 0 Å². The third-order valence-electron chi connectivity index (χ3n) is 10.2. The summed E-state index contributed by atoms with van der Waals surface area (Å²) in [6.45, 7) is 15.5. The molecule has 16 heteroatoms. The number of nitrogens with two attached hydrogens (primary N) is 1. The van der Waals surface area contributed by atoms with Crippen molar-refractivity contribution in [1.29, 1.82) is 0 Å². The molecule has 2 aliphatic rings. The normalized spacial score (nSPS) is 13.4. The van der Waals surface area contributed by atoms with E-state index in [0.29, 0.717) is 36.7 Å². The number of nitrogens with one attached hydrogen (secondary N) is 3. The molecule has 0 aliphatic carbocycles. The average Bonchev–Trinajstić information content (AvgIpc) is 4.18. The molecule has 0 amide bonds. The molecule has 344 valence electrons. The number of aliphatic hydroxyl groups excluding tert-OH is 1. The van der Waals surface area contributed by atoms with Gasteiger partial charge in [0.15, 0.2) is 0 Å². The number of ether oxygens (including phenoxy) is 2. The third-order valence-corrected chi connectivity index (χ3v) is 10.5. The van der Waals surface area contributed by atoms with Gasteiger partial charge in [0.2, 0.25) is 11.9 Å². The highest BCUT2D eigenvalue weighted by molar-refractivity contribution is 6.30. The summed E-state index contributed by atoms with van der Waals surface area (Å²) < 4.78 is 21.9. The Bertz CT molecular complexity index is 2130. The summed E-state index contributed by atoms with van der Waals surface area (Å²) in [7, 11) is 0. The fourth-order valence-corrected chi connectivity index (χ4v) is 6.59. The van der Waals surface area contributed by atoms with E-state index in [1.54, 1.807) is 24.9 Å². The lowest BCUT2D eigenvalue weighted by atomic mass is 10.3. The molecule has 6 aromatic rings. The van der Waals surface area contributed by atoms with Gasteiger partial charge in [-0.3, -0.25) is 9.80 Å². The van der Waals surface area contributed by atoms with Crippen molar-refractivity contribution < 1.29 is 23.4 Å². The van der Waals surface area contributed by atoms with E-state index >= 15 is 0 Å². The van der Waals surface area contributed by atoms with Crippen molar-refractivity contribution in [3.8, 4) is 11.5 Å². The molecule has 8 rings (SSSR count). The Morgan fingerprint density at radius 3 is 1.62 bits per heavy atom. The van der Waals surface area contributed by atoms with Crippen LogP contribution in [-0.2, 0) is 13.1 Å². The van der Waals surface area contributed by atoms with E-state index in [4.69, 9.17) is 40.7 Å². The van der Waals surface area contributed by atoms with Crippen LogP contribution in [-0.4, -0.2) is 93.9 Å². The number of aryl methyl sites for hydroxylation is 2. The van der Waals surface area contributed by atoms with Crippen LogP contribution < -0.4 is 31.2 Å². The number of halogens is 1. The highest BCUT2D eigenvalue weighted by Crippen LogP contribution is 2.22. The number of nitrogens with zero attached hydrogens (tertiary/aromatic N) is 6. The Kier molecular flexibility index (Phi) is 21.7. The van der Waals surface area contributed by atoms with E-state index in [9.17, 15) is 0 Å². The molecule has 2 fully saturated rings. The standard InChI is InChI=1S/C22H27N5O2.C17H21ClN4O.C5H7NO.C4H10O/c1-17-15-24-22(26-21(17)23-16-20-5-4-13-28-20)25-18-6-8-19(9-7-18)29-14-12-27-10-2-3-11-27;1-13-12-19-17(21-16(13)18)20-14-4-6-15(7-5-14)23-11-10-22-8-2-3-9-22;6-4-5-2-1-3-7-5;1-2-3-4-5/h4-9,13,15H,2-3,10-12,14,16H2,1H3,(H2,23,24,25,26);4-7,12H,2-3,8-11H2,1H3,(H,19,20,21);1-3H,4,6H2;5H,2-4H2,1H3. The van der Waals surface area contributed by atoms with Gasteiger partial charge in [-0.1, -0.05) is 24.9 Å². The number of rotatable bonds is 18. The number of anilines is 5. The minimum absolute atomic E-state index is 0.344. The van der Waals surface area contributed by atoms with Crippen LogP contribution in [0.25, 0.3) is 0 Å². The predicted molar refractivity (Wildman–Crippen MR) is 255 cm³/mol. The van der Waals surface area contributed by atoms with E-state index in [-0.39, 0.29) is 0 Å². The van der Waals surface area contributed by atoms with Crippen LogP contribution in [0.3, 0.4) is 0 Å². The van der Waals surface area contributed by atoms with Crippen LogP contribution in [0.2, 0.25) is 5.15 Å². The number of aliphatic hydroxyl groups is 1. The molecule has 0 spiro atoms. The average molecular weight is 898 g/mol. The summed E-state index contributed by atoms with van der Waals surface area (Å²) in [6, 6.07) is 23.1. The summed E-state index contributed by atoms with van der Waals surface area (Å²) in [5.74, 6) is 5.25. The van der Waals surface area contributed by atoms with Gasteiger partial charge in [0.1, 0.15) is 47.2 Å². The van der Waals surface area contributed by atoms with Gasteiger partial charge in [-0.15, -0.1) is 0 Å². The number of unbranched alkanes of at least 4 members (excludes halogenated alkanes) is 1. The van der Waals surface area contributed by atoms with Crippen LogP contribution in [0.4, 0.5) is 29.1 Å². The first-order valence-electron chi connectivity index (χ1n) is 22.2. The summed E-state index contributed by atoms with van der Waals surface area (Å²) in [5.41, 5.74) is 8.85. The summed E-state index contributed by atoms with van der Waals surface area (Å²) in [4.78, 5) is 22.2. The molecule has 64 heavy (non-hydrogen) atoms. The van der Waals surface area contributed by atoms with Crippen LogP contribution in [0.5, 0.6) is 11.5 Å². The minimum atomic E-state index is 0.344. The first-order chi connectivity index (χ1) is 31.3. The maximum atomic E-state index is 8.07. The minimum Gasteiger partial charge on any atom is -0.492 e. The fraction of sp³-hybridized carbons (Fsp3) is 0.417. The summed E-state index contributed by atoms with van der Waals surface area (Å²) in [5, 5.41) is 18.2. The van der Waals surface area contributed by atoms with Crippen molar-refractivity contribution in [2.45, 2.75) is 72.4 Å². The SMILES string of the molecule is CCCCO.Cc1cnc(Nc2ccc(OCCN3CCCC3)cc2)nc1Cl.Cc1cnc(Nc2ccc(OCCN3CCCC3)cc2)nc1NCc1ccco1.NCc1ccco1. The summed E-state index contributed by atoms with van der Waals surface area (Å²) in [6.07, 6.45) is 14.1. The molecule has 0 atom stereocenters. The van der Waals surface area contributed by atoms with Gasteiger partial charge in [-0.05, 0) is 145 Å². The van der Waals surface area contributed by atoms with Gasteiger partial charge >= 0.3 is 0 Å². The first kappa shape index (κ1) is 49.3. The number of likely N-dealkylation sites (tertiary alicyclic amines) is 2.